The summed E-state index contributed by atoms with van der Waals surface area (Å²) in [6.07, 6.45) is 3.40. The van der Waals surface area contributed by atoms with Gasteiger partial charge in [-0.15, -0.1) is 0 Å². The van der Waals surface area contributed by atoms with Crippen molar-refractivity contribution in [3.05, 3.63) is 69.6 Å². The van der Waals surface area contributed by atoms with Gasteiger partial charge < -0.3 is 9.88 Å². The van der Waals surface area contributed by atoms with Crippen molar-refractivity contribution in [2.45, 2.75) is 25.3 Å². The van der Waals surface area contributed by atoms with Crippen LogP contribution in [0.1, 0.15) is 24.3 Å². The summed E-state index contributed by atoms with van der Waals surface area (Å²) in [5.74, 6) is 0.477. The summed E-state index contributed by atoms with van der Waals surface area (Å²) in [4.78, 5) is 23.7. The number of nitrogens with one attached hydrogen (secondary N) is 1. The zero-order valence-corrected chi connectivity index (χ0v) is 13.5. The molecule has 23 heavy (non-hydrogen) atoms. The molecule has 1 aromatic heterocycles. The average molecular weight is 331 g/mol. The number of rotatable bonds is 6. The van der Waals surface area contributed by atoms with Gasteiger partial charge in [-0.05, 0) is 42.5 Å². The van der Waals surface area contributed by atoms with E-state index in [0.717, 1.165) is 12.8 Å². The van der Waals surface area contributed by atoms with Crippen molar-refractivity contribution >= 4 is 17.5 Å². The lowest BCUT2D eigenvalue weighted by molar-refractivity contribution is -0.122. The van der Waals surface area contributed by atoms with Crippen molar-refractivity contribution in [1.82, 2.24) is 9.88 Å². The topological polar surface area (TPSA) is 51.1 Å². The molecule has 3 rings (SSSR count). The van der Waals surface area contributed by atoms with Crippen LogP contribution in [0.5, 0.6) is 0 Å². The lowest BCUT2D eigenvalue weighted by atomic mass is 10.1. The molecule has 1 saturated carbocycles. The Hall–Kier alpha value is -2.07. The molecule has 0 saturated heterocycles. The normalized spacial score (nSPS) is 19.3. The summed E-state index contributed by atoms with van der Waals surface area (Å²) in [5, 5.41) is 3.68. The Kier molecular flexibility index (Phi) is 4.82. The van der Waals surface area contributed by atoms with Crippen molar-refractivity contribution in [2.24, 2.45) is 5.92 Å². The number of halogens is 1. The van der Waals surface area contributed by atoms with Crippen molar-refractivity contribution < 1.29 is 4.79 Å². The molecule has 0 radical (unpaired) electrons. The zero-order chi connectivity index (χ0) is 16.2. The quantitative estimate of drug-likeness (QED) is 0.828. The summed E-state index contributed by atoms with van der Waals surface area (Å²) >= 11 is 5.88. The SMILES string of the molecule is O=C(NCCCn1ccccc1=O)[C@H]1C[C@H]1c1ccc(Cl)cc1. The van der Waals surface area contributed by atoms with Crippen LogP contribution >= 0.6 is 11.6 Å². The molecule has 120 valence electrons. The third-order valence-electron chi connectivity index (χ3n) is 4.20. The minimum atomic E-state index is -0.0104. The standard InChI is InChI=1S/C18H19ClN2O2/c19-14-7-5-13(6-8-14)15-12-16(15)18(23)20-9-3-11-21-10-2-1-4-17(21)22/h1-2,4-8,10,15-16H,3,9,11-12H2,(H,20,23)/t15-,16-/m0/s1. The second-order valence-electron chi connectivity index (χ2n) is 5.88. The van der Waals surface area contributed by atoms with Gasteiger partial charge in [-0.3, -0.25) is 9.59 Å². The minimum absolute atomic E-state index is 0.0104. The molecule has 4 nitrogen and oxygen atoms in total. The molecule has 1 amide bonds. The molecule has 2 atom stereocenters. The first-order valence-electron chi connectivity index (χ1n) is 7.84. The van der Waals surface area contributed by atoms with Crippen molar-refractivity contribution in [1.29, 1.82) is 0 Å². The van der Waals surface area contributed by atoms with E-state index in [1.807, 2.05) is 30.3 Å². The Morgan fingerprint density at radius 1 is 1.22 bits per heavy atom. The van der Waals surface area contributed by atoms with Crippen LogP contribution in [-0.4, -0.2) is 17.0 Å². The van der Waals surface area contributed by atoms with E-state index in [9.17, 15) is 9.59 Å². The largest absolute Gasteiger partial charge is 0.356 e. The molecule has 1 aliphatic rings. The van der Waals surface area contributed by atoms with Crippen molar-refractivity contribution in [2.75, 3.05) is 6.54 Å². The van der Waals surface area contributed by atoms with Crippen LogP contribution in [0.15, 0.2) is 53.5 Å². The fourth-order valence-corrected chi connectivity index (χ4v) is 2.93. The van der Waals surface area contributed by atoms with E-state index < -0.39 is 0 Å². The first-order chi connectivity index (χ1) is 11.1. The van der Waals surface area contributed by atoms with Gasteiger partial charge in [-0.2, -0.15) is 0 Å². The molecule has 0 bridgehead atoms. The fraction of sp³-hybridized carbons (Fsp3) is 0.333. The molecule has 1 N–H and O–H groups in total. The summed E-state index contributed by atoms with van der Waals surface area (Å²) in [7, 11) is 0. The molecule has 2 aromatic rings. The van der Waals surface area contributed by atoms with Crippen LogP contribution in [-0.2, 0) is 11.3 Å². The van der Waals surface area contributed by atoms with Crippen LogP contribution in [0.4, 0.5) is 0 Å². The predicted molar refractivity (Wildman–Crippen MR) is 90.6 cm³/mol. The molecule has 1 aliphatic carbocycles. The fourth-order valence-electron chi connectivity index (χ4n) is 2.80. The van der Waals surface area contributed by atoms with Crippen molar-refractivity contribution in [3.63, 3.8) is 0 Å². The van der Waals surface area contributed by atoms with Crippen LogP contribution < -0.4 is 10.9 Å². The highest BCUT2D eigenvalue weighted by atomic mass is 35.5. The maximum atomic E-state index is 12.1. The van der Waals surface area contributed by atoms with Gasteiger partial charge in [0.05, 0.1) is 0 Å². The van der Waals surface area contributed by atoms with Crippen molar-refractivity contribution in [3.8, 4) is 0 Å². The van der Waals surface area contributed by atoms with Gasteiger partial charge in [0.15, 0.2) is 0 Å². The summed E-state index contributed by atoms with van der Waals surface area (Å²) < 4.78 is 1.65. The summed E-state index contributed by atoms with van der Waals surface area (Å²) in [5.41, 5.74) is 1.16. The van der Waals surface area contributed by atoms with Crippen LogP contribution in [0.25, 0.3) is 0 Å². The van der Waals surface area contributed by atoms with E-state index in [1.165, 1.54) is 5.56 Å². The first-order valence-corrected chi connectivity index (χ1v) is 8.21. The molecular weight excluding hydrogens is 312 g/mol. The minimum Gasteiger partial charge on any atom is -0.356 e. The number of benzene rings is 1. The van der Waals surface area contributed by atoms with Gasteiger partial charge >= 0.3 is 0 Å². The van der Waals surface area contributed by atoms with Gasteiger partial charge in [0, 0.05) is 36.3 Å². The van der Waals surface area contributed by atoms with Gasteiger partial charge in [0.25, 0.3) is 0 Å². The maximum Gasteiger partial charge on any atom is 0.250 e. The Balaban J connectivity index is 1.42. The number of hydrogen-bond donors (Lipinski definition) is 1. The van der Waals surface area contributed by atoms with E-state index >= 15 is 0 Å². The molecule has 1 aromatic carbocycles. The monoisotopic (exact) mass is 330 g/mol. The van der Waals surface area contributed by atoms with Gasteiger partial charge in [-0.25, -0.2) is 0 Å². The van der Waals surface area contributed by atoms with Gasteiger partial charge in [-0.1, -0.05) is 29.8 Å². The lowest BCUT2D eigenvalue weighted by Crippen LogP contribution is -2.28. The Morgan fingerprint density at radius 3 is 2.74 bits per heavy atom. The van der Waals surface area contributed by atoms with Gasteiger partial charge in [0.2, 0.25) is 11.5 Å². The number of hydrogen-bond acceptors (Lipinski definition) is 2. The average Bonchev–Trinajstić information content (AvgIpc) is 3.34. The number of carbonyl (C=O) groups excluding carboxylic acids is 1. The summed E-state index contributed by atoms with van der Waals surface area (Å²) in [6, 6.07) is 12.8. The van der Waals surface area contributed by atoms with Gasteiger partial charge in [0.1, 0.15) is 0 Å². The molecule has 0 aliphatic heterocycles. The van der Waals surface area contributed by atoms with E-state index in [-0.39, 0.29) is 17.4 Å². The first kappa shape index (κ1) is 15.8. The number of aromatic nitrogens is 1. The highest BCUT2D eigenvalue weighted by Gasteiger charge is 2.43. The van der Waals surface area contributed by atoms with E-state index in [4.69, 9.17) is 11.6 Å². The van der Waals surface area contributed by atoms with E-state index in [0.29, 0.717) is 24.0 Å². The third-order valence-corrected chi connectivity index (χ3v) is 4.45. The number of amides is 1. The second kappa shape index (κ2) is 7.01. The molecule has 1 heterocycles. The summed E-state index contributed by atoms with van der Waals surface area (Å²) in [6.45, 7) is 1.20. The number of aryl methyl sites for hydroxylation is 1. The van der Waals surface area contributed by atoms with Crippen LogP contribution in [0, 0.1) is 5.92 Å². The number of nitrogens with zero attached hydrogens (tertiary/aromatic N) is 1. The smallest absolute Gasteiger partial charge is 0.250 e. The third kappa shape index (κ3) is 4.02. The molecule has 0 unspecified atom stereocenters. The second-order valence-corrected chi connectivity index (χ2v) is 6.31. The Labute approximate surface area is 140 Å². The van der Waals surface area contributed by atoms with Crippen LogP contribution in [0.3, 0.4) is 0 Å². The molecule has 1 fully saturated rings. The number of pyridine rings is 1. The molecular formula is C18H19ClN2O2. The molecule has 0 spiro atoms. The van der Waals surface area contributed by atoms with E-state index in [1.54, 1.807) is 22.9 Å². The highest BCUT2D eigenvalue weighted by Crippen LogP contribution is 2.47. The zero-order valence-electron chi connectivity index (χ0n) is 12.7. The maximum absolute atomic E-state index is 12.1. The van der Waals surface area contributed by atoms with Crippen LogP contribution in [0.2, 0.25) is 5.02 Å². The molecule has 5 heteroatoms. The van der Waals surface area contributed by atoms with E-state index in [2.05, 4.69) is 5.32 Å². The highest BCUT2D eigenvalue weighted by molar-refractivity contribution is 6.30. The Morgan fingerprint density at radius 2 is 2.00 bits per heavy atom. The predicted octanol–water partition coefficient (Wildman–Crippen LogP) is 2.81. The Bertz CT molecular complexity index is 739. The number of carbonyl (C=O) groups is 1. The lowest BCUT2D eigenvalue weighted by Gasteiger charge is -2.07.